The van der Waals surface area contributed by atoms with Crippen LogP contribution >= 0.6 is 0 Å². The van der Waals surface area contributed by atoms with Gasteiger partial charge in [0.1, 0.15) is 11.5 Å². The number of nitrogens with one attached hydrogen (secondary N) is 1. The molecule has 0 radical (unpaired) electrons. The number of aryl methyl sites for hydroxylation is 1. The molecule has 0 aliphatic carbocycles. The molecule has 0 spiro atoms. The van der Waals surface area contributed by atoms with E-state index in [0.29, 0.717) is 49.8 Å². The van der Waals surface area contributed by atoms with Crippen LogP contribution in [0.25, 0.3) is 0 Å². The molecule has 2 amide bonds. The molecule has 0 saturated carbocycles. The van der Waals surface area contributed by atoms with Crippen LogP contribution in [0.5, 0.6) is 11.5 Å². The zero-order valence-electron chi connectivity index (χ0n) is 18.7. The molecule has 0 atom stereocenters. The van der Waals surface area contributed by atoms with Crippen molar-refractivity contribution in [1.29, 1.82) is 0 Å². The molecule has 1 fully saturated rings. The summed E-state index contributed by atoms with van der Waals surface area (Å²) in [5.41, 5.74) is 2.61. The first-order valence-electron chi connectivity index (χ1n) is 11.2. The summed E-state index contributed by atoms with van der Waals surface area (Å²) < 4.78 is 5.73. The van der Waals surface area contributed by atoms with E-state index in [1.54, 1.807) is 42.7 Å². The third-order valence-corrected chi connectivity index (χ3v) is 5.67. The van der Waals surface area contributed by atoms with Crippen LogP contribution in [0, 0.1) is 0 Å². The highest BCUT2D eigenvalue weighted by Gasteiger charge is 2.23. The maximum atomic E-state index is 12.9. The van der Waals surface area contributed by atoms with Gasteiger partial charge in [-0.3, -0.25) is 19.5 Å². The van der Waals surface area contributed by atoms with Gasteiger partial charge in [0.15, 0.2) is 0 Å². The number of ether oxygens (including phenoxy) is 1. The van der Waals surface area contributed by atoms with Crippen LogP contribution in [0.3, 0.4) is 0 Å². The molecule has 1 aliphatic heterocycles. The maximum absolute atomic E-state index is 12.9. The van der Waals surface area contributed by atoms with E-state index in [1.165, 1.54) is 0 Å². The standard InChI is InChI=1S/C26H28N4O3/c1-2-20-6-3-4-8-24(20)28-25(31)19-29-14-16-30(17-15-29)26(32)21-9-11-22(12-10-21)33-23-7-5-13-27-18-23/h3-13,18H,2,14-17,19H2,1H3,(H,28,31). The van der Waals surface area contributed by atoms with Crippen molar-refractivity contribution in [1.82, 2.24) is 14.8 Å². The van der Waals surface area contributed by atoms with Gasteiger partial charge in [0, 0.05) is 43.6 Å². The second-order valence-corrected chi connectivity index (χ2v) is 7.94. The van der Waals surface area contributed by atoms with Crippen molar-refractivity contribution in [3.8, 4) is 11.5 Å². The number of nitrogens with zero attached hydrogens (tertiary/aromatic N) is 3. The first-order chi connectivity index (χ1) is 16.1. The van der Waals surface area contributed by atoms with Crippen LogP contribution in [0.2, 0.25) is 0 Å². The number of hydrogen-bond acceptors (Lipinski definition) is 5. The van der Waals surface area contributed by atoms with Gasteiger partial charge in [-0.1, -0.05) is 25.1 Å². The zero-order valence-corrected chi connectivity index (χ0v) is 18.7. The smallest absolute Gasteiger partial charge is 0.253 e. The van der Waals surface area contributed by atoms with Crippen LogP contribution in [0.15, 0.2) is 73.1 Å². The average Bonchev–Trinajstić information content (AvgIpc) is 2.85. The van der Waals surface area contributed by atoms with E-state index in [9.17, 15) is 9.59 Å². The van der Waals surface area contributed by atoms with Crippen molar-refractivity contribution in [3.63, 3.8) is 0 Å². The Morgan fingerprint density at radius 2 is 1.70 bits per heavy atom. The molecule has 0 unspecified atom stereocenters. The Kier molecular flexibility index (Phi) is 7.32. The number of amides is 2. The lowest BCUT2D eigenvalue weighted by molar-refractivity contribution is -0.117. The topological polar surface area (TPSA) is 74.8 Å². The lowest BCUT2D eigenvalue weighted by Gasteiger charge is -2.34. The summed E-state index contributed by atoms with van der Waals surface area (Å²) in [6.45, 7) is 4.90. The molecule has 1 aliphatic rings. The molecule has 7 nitrogen and oxygen atoms in total. The number of rotatable bonds is 7. The lowest BCUT2D eigenvalue weighted by Crippen LogP contribution is -2.50. The third kappa shape index (κ3) is 5.96. The summed E-state index contributed by atoms with van der Waals surface area (Å²) in [5.74, 6) is 1.26. The summed E-state index contributed by atoms with van der Waals surface area (Å²) in [6, 6.07) is 18.6. The van der Waals surface area contributed by atoms with Crippen LogP contribution in [0.1, 0.15) is 22.8 Å². The van der Waals surface area contributed by atoms with E-state index in [2.05, 4.69) is 22.1 Å². The summed E-state index contributed by atoms with van der Waals surface area (Å²) in [6.07, 6.45) is 4.20. The van der Waals surface area contributed by atoms with Crippen molar-refractivity contribution in [2.75, 3.05) is 38.0 Å². The summed E-state index contributed by atoms with van der Waals surface area (Å²) in [7, 11) is 0. The highest BCUT2D eigenvalue weighted by atomic mass is 16.5. The van der Waals surface area contributed by atoms with E-state index >= 15 is 0 Å². The fourth-order valence-electron chi connectivity index (χ4n) is 3.84. The Bertz CT molecular complexity index is 1080. The Labute approximate surface area is 194 Å². The molecule has 3 aromatic rings. The predicted molar refractivity (Wildman–Crippen MR) is 128 cm³/mol. The molecule has 0 bridgehead atoms. The minimum atomic E-state index is -0.0279. The van der Waals surface area contributed by atoms with Gasteiger partial charge in [-0.25, -0.2) is 0 Å². The number of carbonyl (C=O) groups excluding carboxylic acids is 2. The first kappa shape index (κ1) is 22.5. The van der Waals surface area contributed by atoms with E-state index in [0.717, 1.165) is 17.7 Å². The molecule has 33 heavy (non-hydrogen) atoms. The first-order valence-corrected chi connectivity index (χ1v) is 11.2. The average molecular weight is 445 g/mol. The van der Waals surface area contributed by atoms with Crippen molar-refractivity contribution in [2.45, 2.75) is 13.3 Å². The minimum Gasteiger partial charge on any atom is -0.456 e. The number of carbonyl (C=O) groups is 2. The van der Waals surface area contributed by atoms with Gasteiger partial charge in [-0.05, 0) is 54.4 Å². The molecule has 170 valence electrons. The molecule has 1 saturated heterocycles. The molecule has 1 N–H and O–H groups in total. The molecule has 2 heterocycles. The van der Waals surface area contributed by atoms with Gasteiger partial charge in [0.25, 0.3) is 5.91 Å². The quantitative estimate of drug-likeness (QED) is 0.600. The van der Waals surface area contributed by atoms with Crippen LogP contribution in [0.4, 0.5) is 5.69 Å². The zero-order chi connectivity index (χ0) is 23.0. The highest BCUT2D eigenvalue weighted by Crippen LogP contribution is 2.21. The molecule has 4 rings (SSSR count). The fourth-order valence-corrected chi connectivity index (χ4v) is 3.84. The maximum Gasteiger partial charge on any atom is 0.253 e. The van der Waals surface area contributed by atoms with Crippen LogP contribution < -0.4 is 10.1 Å². The van der Waals surface area contributed by atoms with Gasteiger partial charge in [0.2, 0.25) is 5.91 Å². The van der Waals surface area contributed by atoms with Gasteiger partial charge in [0.05, 0.1) is 12.7 Å². The summed E-state index contributed by atoms with van der Waals surface area (Å²) in [4.78, 5) is 33.3. The van der Waals surface area contributed by atoms with Crippen LogP contribution in [-0.4, -0.2) is 59.3 Å². The van der Waals surface area contributed by atoms with E-state index in [4.69, 9.17) is 4.74 Å². The number of pyridine rings is 1. The number of piperazine rings is 1. The molecular formula is C26H28N4O3. The number of benzene rings is 2. The number of hydrogen-bond donors (Lipinski definition) is 1. The predicted octanol–water partition coefficient (Wildman–Crippen LogP) is 3.83. The Morgan fingerprint density at radius 1 is 0.939 bits per heavy atom. The summed E-state index contributed by atoms with van der Waals surface area (Å²) >= 11 is 0. The summed E-state index contributed by atoms with van der Waals surface area (Å²) in [5, 5.41) is 3.01. The minimum absolute atomic E-state index is 0.0103. The second-order valence-electron chi connectivity index (χ2n) is 7.94. The molecule has 2 aromatic carbocycles. The number of para-hydroxylation sites is 1. The molecule has 1 aromatic heterocycles. The Balaban J connectivity index is 1.26. The van der Waals surface area contributed by atoms with Crippen molar-refractivity contribution >= 4 is 17.5 Å². The van der Waals surface area contributed by atoms with Gasteiger partial charge in [-0.15, -0.1) is 0 Å². The second kappa shape index (κ2) is 10.7. The fraction of sp³-hybridized carbons (Fsp3) is 0.269. The van der Waals surface area contributed by atoms with Crippen molar-refractivity contribution in [3.05, 3.63) is 84.2 Å². The van der Waals surface area contributed by atoms with Crippen molar-refractivity contribution < 1.29 is 14.3 Å². The monoisotopic (exact) mass is 444 g/mol. The highest BCUT2D eigenvalue weighted by molar-refractivity contribution is 5.94. The molecular weight excluding hydrogens is 416 g/mol. The van der Waals surface area contributed by atoms with Crippen LogP contribution in [-0.2, 0) is 11.2 Å². The number of aromatic nitrogens is 1. The SMILES string of the molecule is CCc1ccccc1NC(=O)CN1CCN(C(=O)c2ccc(Oc3cccnc3)cc2)CC1. The Hall–Kier alpha value is -3.71. The van der Waals surface area contributed by atoms with E-state index in [-0.39, 0.29) is 11.8 Å². The van der Waals surface area contributed by atoms with Gasteiger partial charge in [-0.2, -0.15) is 0 Å². The third-order valence-electron chi connectivity index (χ3n) is 5.67. The largest absolute Gasteiger partial charge is 0.456 e. The molecule has 7 heteroatoms. The Morgan fingerprint density at radius 3 is 2.39 bits per heavy atom. The van der Waals surface area contributed by atoms with E-state index in [1.807, 2.05) is 35.2 Å². The normalized spacial score (nSPS) is 14.0. The van der Waals surface area contributed by atoms with Gasteiger partial charge >= 0.3 is 0 Å². The van der Waals surface area contributed by atoms with Gasteiger partial charge < -0.3 is 15.0 Å². The van der Waals surface area contributed by atoms with Crippen molar-refractivity contribution in [2.24, 2.45) is 0 Å². The number of anilines is 1. The van der Waals surface area contributed by atoms with E-state index < -0.39 is 0 Å². The lowest BCUT2D eigenvalue weighted by atomic mass is 10.1.